The van der Waals surface area contributed by atoms with Gasteiger partial charge in [-0.2, -0.15) is 0 Å². The molecule has 0 aliphatic carbocycles. The van der Waals surface area contributed by atoms with Crippen molar-refractivity contribution in [3.8, 4) is 0 Å². The first-order chi connectivity index (χ1) is 10.5. The van der Waals surface area contributed by atoms with E-state index in [1.54, 1.807) is 30.3 Å². The third-order valence-corrected chi connectivity index (χ3v) is 2.53. The first-order valence-electron chi connectivity index (χ1n) is 6.53. The summed E-state index contributed by atoms with van der Waals surface area (Å²) in [7, 11) is 0. The predicted molar refractivity (Wildman–Crippen MR) is 73.7 cm³/mol. The number of rotatable bonds is 5. The van der Waals surface area contributed by atoms with Gasteiger partial charge in [0.15, 0.2) is 6.04 Å². The number of amides is 1. The van der Waals surface area contributed by atoms with Gasteiger partial charge in [0.05, 0.1) is 6.61 Å². The van der Waals surface area contributed by atoms with Crippen LogP contribution >= 0.6 is 0 Å². The molecule has 1 aromatic carbocycles. The Labute approximate surface area is 127 Å². The lowest BCUT2D eigenvalue weighted by Crippen LogP contribution is -2.44. The zero-order valence-corrected chi connectivity index (χ0v) is 12.2. The van der Waals surface area contributed by atoms with E-state index in [1.807, 2.05) is 0 Å². The fourth-order valence-electron chi connectivity index (χ4n) is 1.38. The lowest BCUT2D eigenvalue weighted by molar-refractivity contribution is -0.166. The number of aliphatic carboxylic acids is 1. The van der Waals surface area contributed by atoms with E-state index in [4.69, 9.17) is 9.84 Å². The van der Waals surface area contributed by atoms with Crippen molar-refractivity contribution in [2.45, 2.75) is 26.5 Å². The number of ether oxygens (including phenoxy) is 2. The number of carboxylic acids is 1. The summed E-state index contributed by atoms with van der Waals surface area (Å²) < 4.78 is 9.44. The van der Waals surface area contributed by atoms with E-state index in [2.05, 4.69) is 9.57 Å². The quantitative estimate of drug-likeness (QED) is 0.656. The van der Waals surface area contributed by atoms with Gasteiger partial charge in [-0.25, -0.2) is 14.4 Å². The predicted octanol–water partition coefficient (Wildman–Crippen LogP) is 2.19. The van der Waals surface area contributed by atoms with E-state index in [1.165, 1.54) is 13.8 Å². The van der Waals surface area contributed by atoms with Crippen LogP contribution in [0.15, 0.2) is 30.3 Å². The molecule has 1 atom stereocenters. The number of benzene rings is 1. The van der Waals surface area contributed by atoms with Crippen molar-refractivity contribution in [1.29, 1.82) is 0 Å². The average Bonchev–Trinajstić information content (AvgIpc) is 2.51. The minimum absolute atomic E-state index is 0.00406. The molecule has 8 heteroatoms. The lowest BCUT2D eigenvalue weighted by atomic mass is 10.2. The van der Waals surface area contributed by atoms with E-state index in [9.17, 15) is 14.4 Å². The Morgan fingerprint density at radius 2 is 1.82 bits per heavy atom. The largest absolute Gasteiger partial charge is 0.533 e. The van der Waals surface area contributed by atoms with Crippen molar-refractivity contribution in [1.82, 2.24) is 5.06 Å². The fraction of sp³-hybridized carbons (Fsp3) is 0.357. The van der Waals surface area contributed by atoms with Gasteiger partial charge >= 0.3 is 18.2 Å². The van der Waals surface area contributed by atoms with Crippen LogP contribution in [0.5, 0.6) is 0 Å². The van der Waals surface area contributed by atoms with Crippen LogP contribution in [0.4, 0.5) is 9.59 Å². The van der Waals surface area contributed by atoms with Gasteiger partial charge in [0, 0.05) is 0 Å². The molecule has 0 aliphatic rings. The Kier molecular flexibility index (Phi) is 6.68. The van der Waals surface area contributed by atoms with Crippen LogP contribution in [-0.4, -0.2) is 41.0 Å². The molecule has 1 aromatic rings. The minimum Gasteiger partial charge on any atom is -0.480 e. The normalized spacial score (nSPS) is 11.2. The van der Waals surface area contributed by atoms with E-state index in [-0.39, 0.29) is 13.2 Å². The molecule has 0 saturated carbocycles. The number of carbonyl (C=O) groups is 3. The number of hydrogen-bond acceptors (Lipinski definition) is 6. The Bertz CT molecular complexity index is 517. The second kappa shape index (κ2) is 8.50. The maximum atomic E-state index is 11.6. The molecular formula is C14H17NO7. The highest BCUT2D eigenvalue weighted by atomic mass is 16.8. The van der Waals surface area contributed by atoms with E-state index < -0.39 is 24.3 Å². The van der Waals surface area contributed by atoms with E-state index in [0.717, 1.165) is 0 Å². The highest BCUT2D eigenvalue weighted by molar-refractivity contribution is 5.79. The van der Waals surface area contributed by atoms with Gasteiger partial charge in [0.2, 0.25) is 0 Å². The van der Waals surface area contributed by atoms with Crippen LogP contribution in [0.25, 0.3) is 0 Å². The summed E-state index contributed by atoms with van der Waals surface area (Å²) in [4.78, 5) is 38.7. The van der Waals surface area contributed by atoms with Crippen LogP contribution in [-0.2, 0) is 25.7 Å². The number of nitrogens with zero attached hydrogens (tertiary/aromatic N) is 1. The van der Waals surface area contributed by atoms with Crippen molar-refractivity contribution >= 4 is 18.2 Å². The summed E-state index contributed by atoms with van der Waals surface area (Å²) in [6, 6.07) is 7.39. The number of hydrogen-bond donors (Lipinski definition) is 1. The smallest absolute Gasteiger partial charge is 0.480 e. The molecule has 22 heavy (non-hydrogen) atoms. The van der Waals surface area contributed by atoms with Crippen LogP contribution in [0.2, 0.25) is 0 Å². The zero-order chi connectivity index (χ0) is 16.5. The van der Waals surface area contributed by atoms with Crippen molar-refractivity contribution in [2.75, 3.05) is 6.61 Å². The van der Waals surface area contributed by atoms with Gasteiger partial charge in [-0.05, 0) is 19.4 Å². The molecule has 0 fully saturated rings. The van der Waals surface area contributed by atoms with Gasteiger partial charge in [0.25, 0.3) is 0 Å². The lowest BCUT2D eigenvalue weighted by Gasteiger charge is -2.22. The summed E-state index contributed by atoms with van der Waals surface area (Å²) in [5, 5.41) is 9.23. The van der Waals surface area contributed by atoms with Crippen molar-refractivity contribution in [3.63, 3.8) is 0 Å². The number of carbonyl (C=O) groups excluding carboxylic acids is 2. The minimum atomic E-state index is -1.41. The molecule has 120 valence electrons. The summed E-state index contributed by atoms with van der Waals surface area (Å²) in [6.07, 6.45) is -2.29. The molecule has 0 aromatic heterocycles. The third-order valence-electron chi connectivity index (χ3n) is 2.53. The third kappa shape index (κ3) is 5.31. The molecule has 1 amide bonds. The van der Waals surface area contributed by atoms with Crippen molar-refractivity contribution in [2.24, 2.45) is 0 Å². The monoisotopic (exact) mass is 311 g/mol. The highest BCUT2D eigenvalue weighted by Gasteiger charge is 2.31. The first kappa shape index (κ1) is 17.3. The van der Waals surface area contributed by atoms with Crippen LogP contribution in [0.1, 0.15) is 19.4 Å². The van der Waals surface area contributed by atoms with Crippen LogP contribution in [0.3, 0.4) is 0 Å². The Morgan fingerprint density at radius 3 is 2.36 bits per heavy atom. The molecule has 1 rings (SSSR count). The Morgan fingerprint density at radius 1 is 1.18 bits per heavy atom. The second-order valence-electron chi connectivity index (χ2n) is 4.15. The molecule has 0 spiro atoms. The van der Waals surface area contributed by atoms with Crippen LogP contribution < -0.4 is 0 Å². The highest BCUT2D eigenvalue weighted by Crippen LogP contribution is 2.07. The maximum absolute atomic E-state index is 11.6. The Hall–Kier alpha value is -2.77. The molecule has 1 N–H and O–H groups in total. The molecule has 0 unspecified atom stereocenters. The Balaban J connectivity index is 2.62. The SMILES string of the molecule is CCOC(=O)N(OC(=O)OCc1ccccc1)[C@@H](C)C(=O)O. The maximum Gasteiger partial charge on any atom is 0.533 e. The standard InChI is InChI=1S/C14H17NO7/c1-3-20-13(18)15(10(2)12(16)17)22-14(19)21-9-11-7-5-4-6-8-11/h4-8,10H,3,9H2,1-2H3,(H,16,17)/t10-/m0/s1. The van der Waals surface area contributed by atoms with E-state index in [0.29, 0.717) is 10.6 Å². The van der Waals surface area contributed by atoms with Crippen molar-refractivity contribution in [3.05, 3.63) is 35.9 Å². The molecule has 0 radical (unpaired) electrons. The second-order valence-corrected chi connectivity index (χ2v) is 4.15. The molecule has 0 saturated heterocycles. The first-order valence-corrected chi connectivity index (χ1v) is 6.53. The number of hydroxylamine groups is 2. The van der Waals surface area contributed by atoms with Gasteiger partial charge < -0.3 is 14.6 Å². The zero-order valence-electron chi connectivity index (χ0n) is 12.2. The average molecular weight is 311 g/mol. The summed E-state index contributed by atoms with van der Waals surface area (Å²) in [5.41, 5.74) is 0.716. The molecule has 0 heterocycles. The van der Waals surface area contributed by atoms with Gasteiger partial charge in [-0.15, -0.1) is 5.06 Å². The van der Waals surface area contributed by atoms with E-state index >= 15 is 0 Å². The van der Waals surface area contributed by atoms with Crippen molar-refractivity contribution < 1.29 is 33.8 Å². The summed E-state index contributed by atoms with van der Waals surface area (Å²) >= 11 is 0. The number of carboxylic acid groups (broad SMARTS) is 1. The van der Waals surface area contributed by atoms with Crippen LogP contribution in [0, 0.1) is 0 Å². The van der Waals surface area contributed by atoms with Gasteiger partial charge in [-0.3, -0.25) is 4.84 Å². The summed E-state index contributed by atoms with van der Waals surface area (Å²) in [6.45, 7) is 2.64. The summed E-state index contributed by atoms with van der Waals surface area (Å²) in [5.74, 6) is -1.36. The van der Waals surface area contributed by atoms with Gasteiger partial charge in [-0.1, -0.05) is 30.3 Å². The molecular weight excluding hydrogens is 294 g/mol. The van der Waals surface area contributed by atoms with Gasteiger partial charge in [0.1, 0.15) is 6.61 Å². The molecule has 0 aliphatic heterocycles. The molecule has 0 bridgehead atoms. The topological polar surface area (TPSA) is 102 Å². The fourth-order valence-corrected chi connectivity index (χ4v) is 1.38. The molecule has 8 nitrogen and oxygen atoms in total.